The van der Waals surface area contributed by atoms with Gasteiger partial charge in [0, 0.05) is 25.7 Å². The number of hydrogen-bond donors (Lipinski definition) is 3. The third-order valence-corrected chi connectivity index (χ3v) is 19.7. The molecule has 0 radical (unpaired) electrons. The van der Waals surface area contributed by atoms with Crippen LogP contribution in [0.4, 0.5) is 0 Å². The minimum Gasteiger partial charge on any atom is -0.462 e. The van der Waals surface area contributed by atoms with Crippen molar-refractivity contribution in [3.05, 3.63) is 0 Å². The van der Waals surface area contributed by atoms with Gasteiger partial charge in [-0.15, -0.1) is 0 Å². The Kier molecular flexibility index (Phi) is 65.5. The number of aliphatic hydroxyl groups excluding tert-OH is 1. The first-order valence-corrected chi connectivity index (χ1v) is 42.0. The Hall–Kier alpha value is -1.94. The summed E-state index contributed by atoms with van der Waals surface area (Å²) in [7, 11) is -9.90. The molecule has 94 heavy (non-hydrogen) atoms. The van der Waals surface area contributed by atoms with Crippen molar-refractivity contribution in [2.75, 3.05) is 39.6 Å². The number of hydrogen-bond acceptors (Lipinski definition) is 15. The molecule has 3 unspecified atom stereocenters. The summed E-state index contributed by atoms with van der Waals surface area (Å²) < 4.78 is 68.3. The molecule has 0 aromatic rings. The van der Waals surface area contributed by atoms with Crippen LogP contribution in [0.15, 0.2) is 0 Å². The van der Waals surface area contributed by atoms with Crippen molar-refractivity contribution >= 4 is 39.5 Å². The first-order valence-electron chi connectivity index (χ1n) is 39.0. The highest BCUT2D eigenvalue weighted by Crippen LogP contribution is 2.45. The fraction of sp³-hybridized carbons (Fsp3) is 0.947. The average Bonchev–Trinajstić information content (AvgIpc) is 1.62. The van der Waals surface area contributed by atoms with Crippen molar-refractivity contribution in [3.63, 3.8) is 0 Å². The molecule has 19 heteroatoms. The van der Waals surface area contributed by atoms with E-state index in [1.807, 2.05) is 0 Å². The maximum Gasteiger partial charge on any atom is 0.472 e. The molecule has 0 aliphatic carbocycles. The Morgan fingerprint density at radius 1 is 0.309 bits per heavy atom. The summed E-state index contributed by atoms with van der Waals surface area (Å²) in [6.07, 6.45) is 54.3. The second-order valence-electron chi connectivity index (χ2n) is 27.8. The van der Waals surface area contributed by atoms with Crippen molar-refractivity contribution in [3.8, 4) is 0 Å². The van der Waals surface area contributed by atoms with Crippen LogP contribution in [0.5, 0.6) is 0 Å². The molecular formula is C75H146O17P2. The Labute approximate surface area is 575 Å². The van der Waals surface area contributed by atoms with E-state index in [9.17, 15) is 43.2 Å². The molecule has 0 amide bonds. The lowest BCUT2D eigenvalue weighted by Gasteiger charge is -2.21. The SMILES string of the molecule is CCCCCCCCCCC(=O)OC[C@H](COP(=O)(O)OC[C@H](O)COP(=O)(O)OC[C@@H](COC(=O)CCCCCCCCCCCCCCCC(C)C)OC(=O)CCCCCCCCCCCCCCCCCCCCC(C)CC)OC(=O)CCCCCCCCCC. The van der Waals surface area contributed by atoms with Gasteiger partial charge in [-0.3, -0.25) is 37.3 Å². The summed E-state index contributed by atoms with van der Waals surface area (Å²) in [5.41, 5.74) is 0. The average molecular weight is 1380 g/mol. The van der Waals surface area contributed by atoms with Crippen LogP contribution in [0, 0.1) is 11.8 Å². The van der Waals surface area contributed by atoms with Gasteiger partial charge in [-0.25, -0.2) is 9.13 Å². The Bertz CT molecular complexity index is 1820. The molecule has 0 aliphatic heterocycles. The Morgan fingerprint density at radius 3 is 0.809 bits per heavy atom. The van der Waals surface area contributed by atoms with Gasteiger partial charge in [0.1, 0.15) is 19.3 Å². The number of carbonyl (C=O) groups is 4. The van der Waals surface area contributed by atoms with Crippen LogP contribution in [0.2, 0.25) is 0 Å². The summed E-state index contributed by atoms with van der Waals surface area (Å²) in [6.45, 7) is 9.61. The van der Waals surface area contributed by atoms with Gasteiger partial charge in [-0.1, -0.05) is 337 Å². The fourth-order valence-corrected chi connectivity index (χ4v) is 13.0. The van der Waals surface area contributed by atoms with E-state index in [-0.39, 0.29) is 25.7 Å². The van der Waals surface area contributed by atoms with E-state index >= 15 is 0 Å². The molecule has 3 N–H and O–H groups in total. The van der Waals surface area contributed by atoms with Crippen molar-refractivity contribution < 1.29 is 80.2 Å². The zero-order valence-electron chi connectivity index (χ0n) is 61.3. The highest BCUT2D eigenvalue weighted by Gasteiger charge is 2.30. The van der Waals surface area contributed by atoms with E-state index in [1.165, 1.54) is 193 Å². The van der Waals surface area contributed by atoms with Crippen molar-refractivity contribution in [2.24, 2.45) is 11.8 Å². The quantitative estimate of drug-likeness (QED) is 0.0222. The molecule has 558 valence electrons. The molecule has 6 atom stereocenters. The van der Waals surface area contributed by atoms with Crippen LogP contribution in [0.3, 0.4) is 0 Å². The van der Waals surface area contributed by atoms with Crippen LogP contribution in [-0.2, 0) is 65.4 Å². The van der Waals surface area contributed by atoms with Gasteiger partial charge in [0.15, 0.2) is 12.2 Å². The summed E-state index contributed by atoms with van der Waals surface area (Å²) in [6, 6.07) is 0. The van der Waals surface area contributed by atoms with Crippen LogP contribution in [-0.4, -0.2) is 96.7 Å². The summed E-state index contributed by atoms with van der Waals surface area (Å²) in [4.78, 5) is 72.5. The van der Waals surface area contributed by atoms with Gasteiger partial charge in [0.25, 0.3) is 0 Å². The molecule has 0 bridgehead atoms. The van der Waals surface area contributed by atoms with E-state index < -0.39 is 97.5 Å². The van der Waals surface area contributed by atoms with E-state index in [4.69, 9.17) is 37.0 Å². The van der Waals surface area contributed by atoms with Gasteiger partial charge in [0.2, 0.25) is 0 Å². The van der Waals surface area contributed by atoms with Crippen LogP contribution >= 0.6 is 15.6 Å². The third-order valence-electron chi connectivity index (χ3n) is 17.8. The number of unbranched alkanes of at least 4 members (excludes halogenated alkanes) is 43. The first kappa shape index (κ1) is 92.1. The molecule has 0 aromatic heterocycles. The minimum absolute atomic E-state index is 0.105. The molecule has 0 saturated heterocycles. The Morgan fingerprint density at radius 2 is 0.543 bits per heavy atom. The highest BCUT2D eigenvalue weighted by molar-refractivity contribution is 7.47. The molecule has 0 aliphatic rings. The van der Waals surface area contributed by atoms with Crippen molar-refractivity contribution in [2.45, 2.75) is 407 Å². The zero-order chi connectivity index (χ0) is 69.3. The first-order chi connectivity index (χ1) is 45.4. The number of esters is 4. The van der Waals surface area contributed by atoms with Gasteiger partial charge in [-0.05, 0) is 37.5 Å². The number of rotatable bonds is 74. The van der Waals surface area contributed by atoms with E-state index in [0.29, 0.717) is 25.7 Å². The van der Waals surface area contributed by atoms with Crippen LogP contribution in [0.25, 0.3) is 0 Å². The maximum absolute atomic E-state index is 13.1. The molecule has 0 rings (SSSR count). The molecule has 0 saturated carbocycles. The minimum atomic E-state index is -4.95. The number of phosphoric acid groups is 2. The lowest BCUT2D eigenvalue weighted by atomic mass is 9.99. The molecule has 0 spiro atoms. The largest absolute Gasteiger partial charge is 0.472 e. The number of phosphoric ester groups is 2. The van der Waals surface area contributed by atoms with Gasteiger partial charge in [0.05, 0.1) is 26.4 Å². The van der Waals surface area contributed by atoms with Gasteiger partial charge < -0.3 is 33.8 Å². The normalized spacial score (nSPS) is 14.3. The Balaban J connectivity index is 5.13. The van der Waals surface area contributed by atoms with E-state index in [2.05, 4.69) is 41.5 Å². The van der Waals surface area contributed by atoms with Crippen molar-refractivity contribution in [1.82, 2.24) is 0 Å². The topological polar surface area (TPSA) is 237 Å². The molecule has 0 heterocycles. The second-order valence-corrected chi connectivity index (χ2v) is 30.7. The highest BCUT2D eigenvalue weighted by atomic mass is 31.2. The molecule has 17 nitrogen and oxygen atoms in total. The number of aliphatic hydroxyl groups is 1. The summed E-state index contributed by atoms with van der Waals surface area (Å²) >= 11 is 0. The van der Waals surface area contributed by atoms with Crippen molar-refractivity contribution in [1.29, 1.82) is 0 Å². The van der Waals surface area contributed by atoms with Crippen LogP contribution < -0.4 is 0 Å². The van der Waals surface area contributed by atoms with E-state index in [1.54, 1.807) is 0 Å². The molecular weight excluding hydrogens is 1230 g/mol. The van der Waals surface area contributed by atoms with Gasteiger partial charge in [-0.2, -0.15) is 0 Å². The lowest BCUT2D eigenvalue weighted by molar-refractivity contribution is -0.161. The second kappa shape index (κ2) is 66.9. The lowest BCUT2D eigenvalue weighted by Crippen LogP contribution is -2.30. The predicted molar refractivity (Wildman–Crippen MR) is 381 cm³/mol. The zero-order valence-corrected chi connectivity index (χ0v) is 63.1. The monoisotopic (exact) mass is 1380 g/mol. The standard InChI is InChI=1S/C75H146O17P2/c1-7-10-12-14-16-39-45-51-57-72(77)85-63-70(91-74(79)59-53-47-40-17-15-13-11-8-2)65-89-93(81,82)87-61-69(76)62-88-94(83,84)90-66-71(64-86-73(78)58-52-46-41-35-31-28-24-25-29-33-37-43-49-55-67(4)5)92-75(80)60-54-48-42-36-32-27-23-21-19-18-20-22-26-30-34-38-44-50-56-68(6)9-3/h67-71,76H,7-66H2,1-6H3,(H,81,82)(H,83,84)/t68?,69-,70+,71+/m0/s1. The summed E-state index contributed by atoms with van der Waals surface area (Å²) in [5.74, 6) is -0.461. The van der Waals surface area contributed by atoms with Crippen LogP contribution in [0.1, 0.15) is 388 Å². The summed E-state index contributed by atoms with van der Waals surface area (Å²) in [5, 5.41) is 10.6. The van der Waals surface area contributed by atoms with Gasteiger partial charge >= 0.3 is 39.5 Å². The maximum atomic E-state index is 13.1. The number of carbonyl (C=O) groups excluding carboxylic acids is 4. The predicted octanol–water partition coefficient (Wildman–Crippen LogP) is 21.9. The number of ether oxygens (including phenoxy) is 4. The third kappa shape index (κ3) is 67.3. The molecule has 0 aromatic carbocycles. The fourth-order valence-electron chi connectivity index (χ4n) is 11.4. The van der Waals surface area contributed by atoms with E-state index in [0.717, 1.165) is 115 Å². The molecule has 0 fully saturated rings. The smallest absolute Gasteiger partial charge is 0.462 e.